The van der Waals surface area contributed by atoms with Gasteiger partial charge in [0.05, 0.1) is 40.7 Å². The summed E-state index contributed by atoms with van der Waals surface area (Å²) in [6.07, 6.45) is 3.48. The molecule has 5 rings (SSSR count). The number of pyridine rings is 2. The van der Waals surface area contributed by atoms with Gasteiger partial charge in [0.25, 0.3) is 5.91 Å². The molecule has 39 heavy (non-hydrogen) atoms. The van der Waals surface area contributed by atoms with Crippen LogP contribution in [-0.4, -0.2) is 48.5 Å². The van der Waals surface area contributed by atoms with Gasteiger partial charge < -0.3 is 21.1 Å². The van der Waals surface area contributed by atoms with Crippen LogP contribution >= 0.6 is 0 Å². The Bertz CT molecular complexity index is 1500. The van der Waals surface area contributed by atoms with Crippen molar-refractivity contribution in [3.8, 4) is 11.3 Å². The molecule has 1 aromatic carbocycles. The third kappa shape index (κ3) is 5.47. The second kappa shape index (κ2) is 10.9. The maximum atomic E-state index is 14.8. The summed E-state index contributed by atoms with van der Waals surface area (Å²) in [4.78, 5) is 23.6. The molecule has 4 N–H and O–H groups in total. The van der Waals surface area contributed by atoms with Gasteiger partial charge in [-0.25, -0.2) is 26.6 Å². The molecule has 3 aromatic rings. The highest BCUT2D eigenvalue weighted by Gasteiger charge is 2.31. The van der Waals surface area contributed by atoms with Crippen LogP contribution in [0.5, 0.6) is 0 Å². The van der Waals surface area contributed by atoms with Gasteiger partial charge in [0, 0.05) is 24.7 Å². The van der Waals surface area contributed by atoms with Gasteiger partial charge in [-0.3, -0.25) is 9.78 Å². The summed E-state index contributed by atoms with van der Waals surface area (Å²) in [6, 6.07) is 3.47. The largest absolute Gasteiger partial charge is 0.387 e. The number of aliphatic hydroxyl groups excluding tert-OH is 1. The van der Waals surface area contributed by atoms with Gasteiger partial charge in [-0.2, -0.15) is 0 Å². The van der Waals surface area contributed by atoms with Gasteiger partial charge in [-0.15, -0.1) is 0 Å². The molecule has 0 radical (unpaired) electrons. The van der Waals surface area contributed by atoms with E-state index in [9.17, 15) is 31.5 Å². The monoisotopic (exact) mass is 561 g/mol. The first-order valence-electron chi connectivity index (χ1n) is 12.4. The first kappa shape index (κ1) is 27.0. The predicted octanol–water partition coefficient (Wildman–Crippen LogP) is 2.83. The van der Waals surface area contributed by atoms with E-state index < -0.39 is 57.2 Å². The van der Waals surface area contributed by atoms with E-state index in [0.29, 0.717) is 43.0 Å². The SMILES string of the molecule is N[C@H]1CCCN(c2c(NC(=O)c3ccc(F)c(-c4c(F)cc(C[SH](=O)=O)cc4F)n3)cnc3c2CC[C@@H]3O)C1. The summed E-state index contributed by atoms with van der Waals surface area (Å²) < 4.78 is 66.1. The van der Waals surface area contributed by atoms with E-state index in [0.717, 1.165) is 42.7 Å². The topological polar surface area (TPSA) is 139 Å². The maximum absolute atomic E-state index is 14.8. The number of piperidine rings is 1. The van der Waals surface area contributed by atoms with E-state index in [1.807, 2.05) is 4.90 Å². The number of amides is 1. The summed E-state index contributed by atoms with van der Waals surface area (Å²) in [5.74, 6) is -4.84. The standard InChI is InChI=1S/C26H26F3N5O4S/c27-16-4-5-19(32-24(16)22-17(28)8-13(9-18(22)29)12-39(37)38)26(36)33-20-10-31-23-15(3-6-21(23)35)25(20)34-7-1-2-14(30)11-34/h4-5,8-10,14,21,35,39H,1-3,6-7,11-12,30H2,(H,33,36)/t14-,21-/m0/s1. The summed E-state index contributed by atoms with van der Waals surface area (Å²) in [7, 11) is -2.93. The molecule has 0 spiro atoms. The quantitative estimate of drug-likeness (QED) is 0.337. The normalized spacial score (nSPS) is 18.9. The van der Waals surface area contributed by atoms with Crippen molar-refractivity contribution in [3.05, 3.63) is 70.4 Å². The zero-order chi connectivity index (χ0) is 27.8. The molecule has 0 saturated carbocycles. The number of carbonyl (C=O) groups excluding carboxylic acids is 1. The predicted molar refractivity (Wildman–Crippen MR) is 138 cm³/mol. The highest BCUT2D eigenvalue weighted by molar-refractivity contribution is 7.71. The van der Waals surface area contributed by atoms with E-state index in [4.69, 9.17) is 5.73 Å². The van der Waals surface area contributed by atoms with Crippen LogP contribution in [0.25, 0.3) is 11.3 Å². The molecule has 206 valence electrons. The van der Waals surface area contributed by atoms with Gasteiger partial charge in [0.15, 0.2) is 0 Å². The Morgan fingerprint density at radius 2 is 1.90 bits per heavy atom. The highest BCUT2D eigenvalue weighted by Crippen LogP contribution is 2.41. The molecule has 1 saturated heterocycles. The van der Waals surface area contributed by atoms with Crippen molar-refractivity contribution in [2.75, 3.05) is 23.3 Å². The fraction of sp³-hybridized carbons (Fsp3) is 0.346. The van der Waals surface area contributed by atoms with Crippen molar-refractivity contribution in [2.45, 2.75) is 43.6 Å². The second-order valence-corrected chi connectivity index (χ2v) is 10.7. The van der Waals surface area contributed by atoms with E-state index in [2.05, 4.69) is 15.3 Å². The van der Waals surface area contributed by atoms with Crippen molar-refractivity contribution in [1.29, 1.82) is 0 Å². The molecule has 2 aromatic heterocycles. The number of aromatic nitrogens is 2. The van der Waals surface area contributed by atoms with Crippen LogP contribution in [0, 0.1) is 17.5 Å². The molecule has 13 heteroatoms. The van der Waals surface area contributed by atoms with E-state index >= 15 is 0 Å². The average molecular weight is 562 g/mol. The third-order valence-electron chi connectivity index (χ3n) is 6.92. The molecule has 1 amide bonds. The second-order valence-electron chi connectivity index (χ2n) is 9.69. The lowest BCUT2D eigenvalue weighted by atomic mass is 10.0. The Balaban J connectivity index is 1.49. The van der Waals surface area contributed by atoms with Crippen LogP contribution in [0.3, 0.4) is 0 Å². The van der Waals surface area contributed by atoms with E-state index in [1.165, 1.54) is 6.20 Å². The summed E-state index contributed by atoms with van der Waals surface area (Å²) in [6.45, 7) is 1.24. The number of halogens is 3. The molecule has 2 aliphatic rings. The van der Waals surface area contributed by atoms with E-state index in [1.54, 1.807) is 0 Å². The van der Waals surface area contributed by atoms with Gasteiger partial charge in [-0.05, 0) is 55.5 Å². The molecule has 1 aliphatic carbocycles. The molecule has 9 nitrogen and oxygen atoms in total. The summed E-state index contributed by atoms with van der Waals surface area (Å²) in [5.41, 5.74) is 6.60. The number of rotatable bonds is 6. The Labute approximate surface area is 223 Å². The Morgan fingerprint density at radius 1 is 1.15 bits per heavy atom. The minimum absolute atomic E-state index is 0.0655. The lowest BCUT2D eigenvalue weighted by Crippen LogP contribution is -2.43. The fourth-order valence-corrected chi connectivity index (χ4v) is 5.68. The number of anilines is 2. The van der Waals surface area contributed by atoms with Gasteiger partial charge in [0.2, 0.25) is 0 Å². The smallest absolute Gasteiger partial charge is 0.274 e. The molecule has 1 fully saturated rings. The van der Waals surface area contributed by atoms with Gasteiger partial charge in [0.1, 0.15) is 39.5 Å². The highest BCUT2D eigenvalue weighted by atomic mass is 32.2. The maximum Gasteiger partial charge on any atom is 0.274 e. The van der Waals surface area contributed by atoms with E-state index in [-0.39, 0.29) is 17.3 Å². The van der Waals surface area contributed by atoms with Crippen molar-refractivity contribution in [3.63, 3.8) is 0 Å². The molecule has 0 bridgehead atoms. The molecule has 1 aliphatic heterocycles. The lowest BCUT2D eigenvalue weighted by molar-refractivity contribution is 0.102. The summed E-state index contributed by atoms with van der Waals surface area (Å²) >= 11 is 0. The number of hydrogen-bond donors (Lipinski definition) is 4. The minimum atomic E-state index is -2.93. The van der Waals surface area contributed by atoms with Gasteiger partial charge >= 0.3 is 0 Å². The van der Waals surface area contributed by atoms with Crippen LogP contribution < -0.4 is 16.0 Å². The lowest BCUT2D eigenvalue weighted by Gasteiger charge is -2.35. The van der Waals surface area contributed by atoms with Crippen LogP contribution in [-0.2, 0) is 22.9 Å². The van der Waals surface area contributed by atoms with Gasteiger partial charge in [-0.1, -0.05) is 0 Å². The Kier molecular flexibility index (Phi) is 7.56. The van der Waals surface area contributed by atoms with Crippen LogP contribution in [0.4, 0.5) is 24.5 Å². The molecule has 3 heterocycles. The first-order valence-corrected chi connectivity index (χ1v) is 13.8. The molecule has 0 unspecified atom stereocenters. The average Bonchev–Trinajstić information content (AvgIpc) is 3.24. The number of nitrogens with one attached hydrogen (secondary N) is 1. The number of benzene rings is 1. The molecule has 2 atom stereocenters. The fourth-order valence-electron chi connectivity index (χ4n) is 5.20. The Morgan fingerprint density at radius 3 is 2.59 bits per heavy atom. The zero-order valence-electron chi connectivity index (χ0n) is 20.7. The number of hydrogen-bond acceptors (Lipinski definition) is 8. The van der Waals surface area contributed by atoms with Crippen LogP contribution in [0.1, 0.15) is 52.7 Å². The zero-order valence-corrected chi connectivity index (χ0v) is 21.6. The number of thiol groups is 1. The number of nitrogens with zero attached hydrogens (tertiary/aromatic N) is 3. The van der Waals surface area contributed by atoms with Crippen molar-refractivity contribution < 1.29 is 31.5 Å². The van der Waals surface area contributed by atoms with Crippen LogP contribution in [0.2, 0.25) is 0 Å². The number of nitrogens with two attached hydrogens (primary N) is 1. The number of aliphatic hydroxyl groups is 1. The van der Waals surface area contributed by atoms with Crippen molar-refractivity contribution >= 4 is 28.0 Å². The Hall–Kier alpha value is -3.55. The third-order valence-corrected chi connectivity index (χ3v) is 7.54. The number of fused-ring (bicyclic) bond motifs is 1. The first-order chi connectivity index (χ1) is 18.6. The van der Waals surface area contributed by atoms with Crippen molar-refractivity contribution in [1.82, 2.24) is 9.97 Å². The molecular formula is C26H26F3N5O4S. The van der Waals surface area contributed by atoms with Crippen LogP contribution in [0.15, 0.2) is 30.5 Å². The molecular weight excluding hydrogens is 535 g/mol. The number of carbonyl (C=O) groups is 1. The summed E-state index contributed by atoms with van der Waals surface area (Å²) in [5, 5.41) is 13.1. The minimum Gasteiger partial charge on any atom is -0.387 e. The van der Waals surface area contributed by atoms with Crippen molar-refractivity contribution in [2.24, 2.45) is 5.73 Å².